The molecular formula is C22H28F2O2. The van der Waals surface area contributed by atoms with E-state index in [4.69, 9.17) is 4.74 Å². The summed E-state index contributed by atoms with van der Waals surface area (Å²) in [6.45, 7) is 13.4. The van der Waals surface area contributed by atoms with E-state index in [-0.39, 0.29) is 17.1 Å². The maximum Gasteiger partial charge on any atom is 0.426 e. The highest BCUT2D eigenvalue weighted by molar-refractivity contribution is 5.52. The van der Waals surface area contributed by atoms with Crippen molar-refractivity contribution in [3.8, 4) is 11.5 Å². The first-order valence-corrected chi connectivity index (χ1v) is 8.74. The molecule has 0 bridgehead atoms. The van der Waals surface area contributed by atoms with E-state index < -0.39 is 16.9 Å². The normalized spacial score (nSPS) is 13.0. The number of phenolic OH excluding ortho intramolecular Hbond substituents is 1. The summed E-state index contributed by atoms with van der Waals surface area (Å²) in [5.41, 5.74) is 1.04. The molecule has 4 heteroatoms. The van der Waals surface area contributed by atoms with Crippen LogP contribution in [0.15, 0.2) is 36.4 Å². The Balaban J connectivity index is 2.53. The van der Waals surface area contributed by atoms with Gasteiger partial charge in [0, 0.05) is 11.1 Å². The number of aryl methyl sites for hydroxylation is 1. The largest absolute Gasteiger partial charge is 0.507 e. The average Bonchev–Trinajstić information content (AvgIpc) is 2.46. The van der Waals surface area contributed by atoms with Gasteiger partial charge in [-0.2, -0.15) is 8.78 Å². The Morgan fingerprint density at radius 2 is 1.23 bits per heavy atom. The highest BCUT2D eigenvalue weighted by Crippen LogP contribution is 2.43. The van der Waals surface area contributed by atoms with Crippen molar-refractivity contribution in [3.05, 3.63) is 58.7 Å². The van der Waals surface area contributed by atoms with Crippen LogP contribution < -0.4 is 4.74 Å². The SMILES string of the molecule is Cc1ccc(C(F)(F)Oc2cc(C(C)(C)C)c(O)c(C(C)(C)C)c2)cc1. The van der Waals surface area contributed by atoms with E-state index in [1.165, 1.54) is 24.3 Å². The average molecular weight is 362 g/mol. The van der Waals surface area contributed by atoms with Crippen LogP contribution in [0.3, 0.4) is 0 Å². The first-order chi connectivity index (χ1) is 11.7. The second-order valence-corrected chi connectivity index (χ2v) is 8.85. The monoisotopic (exact) mass is 362 g/mol. The van der Waals surface area contributed by atoms with Crippen LogP contribution in [0.25, 0.3) is 0 Å². The Bertz CT molecular complexity index is 744. The molecule has 0 spiro atoms. The van der Waals surface area contributed by atoms with Crippen LogP contribution in [-0.2, 0) is 16.9 Å². The Kier molecular flexibility index (Phi) is 5.10. The van der Waals surface area contributed by atoms with Gasteiger partial charge >= 0.3 is 6.11 Å². The van der Waals surface area contributed by atoms with E-state index in [1.54, 1.807) is 12.1 Å². The molecule has 0 aliphatic rings. The molecule has 0 heterocycles. The van der Waals surface area contributed by atoms with E-state index in [0.717, 1.165) is 5.56 Å². The zero-order valence-corrected chi connectivity index (χ0v) is 16.6. The number of aromatic hydroxyl groups is 1. The van der Waals surface area contributed by atoms with E-state index in [9.17, 15) is 13.9 Å². The zero-order chi connectivity index (χ0) is 19.9. The summed E-state index contributed by atoms with van der Waals surface area (Å²) in [5.74, 6) is 0.180. The molecule has 2 rings (SSSR count). The van der Waals surface area contributed by atoms with Crippen molar-refractivity contribution in [3.63, 3.8) is 0 Å². The minimum atomic E-state index is -3.46. The van der Waals surface area contributed by atoms with Gasteiger partial charge in [0.2, 0.25) is 0 Å². The first kappa shape index (κ1) is 20.2. The van der Waals surface area contributed by atoms with Crippen molar-refractivity contribution in [2.75, 3.05) is 0 Å². The van der Waals surface area contributed by atoms with E-state index in [1.807, 2.05) is 48.5 Å². The lowest BCUT2D eigenvalue weighted by Gasteiger charge is -2.29. The highest BCUT2D eigenvalue weighted by atomic mass is 19.3. The lowest BCUT2D eigenvalue weighted by molar-refractivity contribution is -0.185. The van der Waals surface area contributed by atoms with Crippen LogP contribution in [0, 0.1) is 6.92 Å². The molecule has 0 atom stereocenters. The Morgan fingerprint density at radius 3 is 1.62 bits per heavy atom. The van der Waals surface area contributed by atoms with E-state index in [0.29, 0.717) is 11.1 Å². The van der Waals surface area contributed by atoms with Crippen LogP contribution in [0.5, 0.6) is 11.5 Å². The number of ether oxygens (including phenoxy) is 1. The molecular weight excluding hydrogens is 334 g/mol. The van der Waals surface area contributed by atoms with Gasteiger partial charge < -0.3 is 9.84 Å². The molecule has 0 fully saturated rings. The number of rotatable bonds is 3. The maximum absolute atomic E-state index is 14.6. The van der Waals surface area contributed by atoms with Crippen molar-refractivity contribution in [1.29, 1.82) is 0 Å². The van der Waals surface area contributed by atoms with Gasteiger partial charge in [-0.25, -0.2) is 0 Å². The smallest absolute Gasteiger partial charge is 0.426 e. The lowest BCUT2D eigenvalue weighted by Crippen LogP contribution is -2.23. The Hall–Kier alpha value is -2.10. The summed E-state index contributed by atoms with van der Waals surface area (Å²) in [4.78, 5) is 0. The van der Waals surface area contributed by atoms with Gasteiger partial charge in [0.1, 0.15) is 11.5 Å². The number of hydrogen-bond donors (Lipinski definition) is 1. The number of alkyl halides is 2. The van der Waals surface area contributed by atoms with Crippen LogP contribution in [0.1, 0.15) is 63.8 Å². The summed E-state index contributed by atoms with van der Waals surface area (Å²) < 4.78 is 34.4. The summed E-state index contributed by atoms with van der Waals surface area (Å²) >= 11 is 0. The molecule has 1 N–H and O–H groups in total. The molecule has 0 unspecified atom stereocenters. The molecule has 0 saturated carbocycles. The molecule has 0 saturated heterocycles. The van der Waals surface area contributed by atoms with Gasteiger partial charge in [-0.05, 0) is 42.0 Å². The Labute approximate surface area is 154 Å². The van der Waals surface area contributed by atoms with Crippen LogP contribution in [-0.4, -0.2) is 5.11 Å². The maximum atomic E-state index is 14.6. The zero-order valence-electron chi connectivity index (χ0n) is 16.6. The fourth-order valence-electron chi connectivity index (χ4n) is 2.76. The number of hydrogen-bond acceptors (Lipinski definition) is 2. The third-order valence-corrected chi connectivity index (χ3v) is 4.33. The van der Waals surface area contributed by atoms with Crippen molar-refractivity contribution >= 4 is 0 Å². The highest BCUT2D eigenvalue weighted by Gasteiger charge is 2.36. The standard InChI is InChI=1S/C22H28F2O2/c1-14-8-10-15(11-9-14)22(23,24)26-16-12-17(20(2,3)4)19(25)18(13-16)21(5,6)7/h8-13,25H,1-7H3. The summed E-state index contributed by atoms with van der Waals surface area (Å²) in [5, 5.41) is 10.7. The predicted octanol–water partition coefficient (Wildman–Crippen LogP) is 6.42. The number of phenols is 1. The van der Waals surface area contributed by atoms with Crippen LogP contribution >= 0.6 is 0 Å². The second kappa shape index (κ2) is 6.57. The predicted molar refractivity (Wildman–Crippen MR) is 101 cm³/mol. The molecule has 2 aromatic carbocycles. The minimum Gasteiger partial charge on any atom is -0.507 e. The first-order valence-electron chi connectivity index (χ1n) is 8.74. The van der Waals surface area contributed by atoms with Gasteiger partial charge in [-0.1, -0.05) is 59.2 Å². The second-order valence-electron chi connectivity index (χ2n) is 8.85. The molecule has 0 radical (unpaired) electrons. The Morgan fingerprint density at radius 1 is 0.808 bits per heavy atom. The fourth-order valence-corrected chi connectivity index (χ4v) is 2.76. The van der Waals surface area contributed by atoms with Gasteiger partial charge in [0.05, 0.1) is 5.56 Å². The summed E-state index contributed by atoms with van der Waals surface area (Å²) in [6.07, 6.45) is -3.46. The van der Waals surface area contributed by atoms with Gasteiger partial charge in [0.15, 0.2) is 0 Å². The van der Waals surface area contributed by atoms with Crippen molar-refractivity contribution in [2.24, 2.45) is 0 Å². The molecule has 2 nitrogen and oxygen atoms in total. The molecule has 2 aromatic rings. The third kappa shape index (κ3) is 4.35. The molecule has 142 valence electrons. The number of benzene rings is 2. The van der Waals surface area contributed by atoms with Crippen molar-refractivity contribution in [1.82, 2.24) is 0 Å². The van der Waals surface area contributed by atoms with Crippen LogP contribution in [0.4, 0.5) is 8.78 Å². The molecule has 0 aliphatic carbocycles. The summed E-state index contributed by atoms with van der Waals surface area (Å²) in [7, 11) is 0. The van der Waals surface area contributed by atoms with Gasteiger partial charge in [-0.3, -0.25) is 0 Å². The van der Waals surface area contributed by atoms with Crippen molar-refractivity contribution < 1.29 is 18.6 Å². The fraction of sp³-hybridized carbons (Fsp3) is 0.455. The quantitative estimate of drug-likeness (QED) is 0.682. The lowest BCUT2D eigenvalue weighted by atomic mass is 9.79. The summed E-state index contributed by atoms with van der Waals surface area (Å²) in [6, 6.07) is 9.00. The molecule has 0 aliphatic heterocycles. The molecule has 26 heavy (non-hydrogen) atoms. The topological polar surface area (TPSA) is 29.5 Å². The van der Waals surface area contributed by atoms with Crippen LogP contribution in [0.2, 0.25) is 0 Å². The molecule has 0 aromatic heterocycles. The molecule has 0 amide bonds. The van der Waals surface area contributed by atoms with Gasteiger partial charge in [-0.15, -0.1) is 0 Å². The minimum absolute atomic E-state index is 0.0447. The van der Waals surface area contributed by atoms with E-state index in [2.05, 4.69) is 0 Å². The third-order valence-electron chi connectivity index (χ3n) is 4.33. The van der Waals surface area contributed by atoms with Gasteiger partial charge in [0.25, 0.3) is 0 Å². The van der Waals surface area contributed by atoms with Crippen molar-refractivity contribution in [2.45, 2.75) is 65.4 Å². The number of halogens is 2. The van der Waals surface area contributed by atoms with E-state index >= 15 is 0 Å².